The smallest absolute Gasteiger partial charge is 0.131 e. The van der Waals surface area contributed by atoms with Gasteiger partial charge in [-0.05, 0) is 20.8 Å². The molecule has 0 bridgehead atoms. The molecule has 0 atom stereocenters. The molecule has 11 heavy (non-hydrogen) atoms. The second kappa shape index (κ2) is 3.92. The highest BCUT2D eigenvalue weighted by molar-refractivity contribution is 8.11. The maximum absolute atomic E-state index is 8.46. The topological polar surface area (TPSA) is 44.6 Å². The van der Waals surface area contributed by atoms with E-state index in [2.05, 4.69) is 23.1 Å². The van der Waals surface area contributed by atoms with Gasteiger partial charge < -0.3 is 10.5 Å². The summed E-state index contributed by atoms with van der Waals surface area (Å²) in [4.78, 5) is 0. The number of hydrogen-bond donors (Lipinski definition) is 3. The van der Waals surface area contributed by atoms with Crippen LogP contribution in [0.3, 0.4) is 0 Å². The zero-order chi connectivity index (χ0) is 9.07. The molecular formula is C6H12N2OS2. The van der Waals surface area contributed by atoms with Gasteiger partial charge in [0.15, 0.2) is 0 Å². The van der Waals surface area contributed by atoms with Crippen LogP contribution in [0.4, 0.5) is 0 Å². The van der Waals surface area contributed by atoms with Crippen LogP contribution in [0.2, 0.25) is 0 Å². The van der Waals surface area contributed by atoms with Crippen molar-refractivity contribution in [1.29, 1.82) is 0 Å². The molecule has 0 heterocycles. The van der Waals surface area contributed by atoms with Crippen LogP contribution in [0.5, 0.6) is 0 Å². The zero-order valence-corrected chi connectivity index (χ0v) is 8.46. The second-order valence-electron chi connectivity index (χ2n) is 2.74. The average molecular weight is 192 g/mol. The van der Waals surface area contributed by atoms with Crippen molar-refractivity contribution in [1.82, 2.24) is 5.32 Å². The Bertz CT molecular complexity index is 189. The van der Waals surface area contributed by atoms with Crippen LogP contribution in [0.25, 0.3) is 0 Å². The maximum atomic E-state index is 8.46. The minimum atomic E-state index is -0.437. The van der Waals surface area contributed by atoms with Crippen molar-refractivity contribution in [3.8, 4) is 0 Å². The number of nitrogens with zero attached hydrogens (tertiary/aromatic N) is 1. The molecule has 5 heteroatoms. The van der Waals surface area contributed by atoms with Crippen molar-refractivity contribution in [3.63, 3.8) is 0 Å². The quantitative estimate of drug-likeness (QED) is 0.204. The first-order valence-corrected chi connectivity index (χ1v) is 3.96. The molecule has 0 rings (SSSR count). The summed E-state index contributed by atoms with van der Waals surface area (Å²) in [6, 6.07) is 0. The Labute approximate surface area is 77.3 Å². The van der Waals surface area contributed by atoms with E-state index in [9.17, 15) is 0 Å². The lowest BCUT2D eigenvalue weighted by Crippen LogP contribution is -2.46. The summed E-state index contributed by atoms with van der Waals surface area (Å²) in [6.45, 7) is 5.41. The Balaban J connectivity index is 4.33. The fraction of sp³-hybridized carbons (Fsp3) is 0.667. The molecule has 0 saturated carbocycles. The predicted octanol–water partition coefficient (Wildman–Crippen LogP) is 1.42. The van der Waals surface area contributed by atoms with E-state index >= 15 is 0 Å². The number of nitrogens with one attached hydrogen (secondary N) is 1. The lowest BCUT2D eigenvalue weighted by molar-refractivity contribution is 0.313. The first-order chi connectivity index (χ1) is 4.90. The van der Waals surface area contributed by atoms with Crippen LogP contribution < -0.4 is 5.32 Å². The zero-order valence-electron chi connectivity index (χ0n) is 6.75. The molecule has 64 valence electrons. The highest BCUT2D eigenvalue weighted by Crippen LogP contribution is 2.05. The minimum absolute atomic E-state index is 0.387. The Hall–Kier alpha value is -0.290. The van der Waals surface area contributed by atoms with Gasteiger partial charge in [-0.15, -0.1) is 12.6 Å². The first-order valence-electron chi connectivity index (χ1n) is 3.10. The summed E-state index contributed by atoms with van der Waals surface area (Å²) < 4.78 is 0.387. The van der Waals surface area contributed by atoms with Gasteiger partial charge >= 0.3 is 0 Å². The summed E-state index contributed by atoms with van der Waals surface area (Å²) in [5.74, 6) is 0. The van der Waals surface area contributed by atoms with Gasteiger partial charge in [-0.25, -0.2) is 0 Å². The van der Waals surface area contributed by atoms with Crippen molar-refractivity contribution < 1.29 is 5.21 Å². The highest BCUT2D eigenvalue weighted by Gasteiger charge is 2.21. The third-order valence-electron chi connectivity index (χ3n) is 1.47. The van der Waals surface area contributed by atoms with Crippen LogP contribution in [-0.4, -0.2) is 20.8 Å². The Morgan fingerprint density at radius 1 is 1.64 bits per heavy atom. The summed E-state index contributed by atoms with van der Waals surface area (Å²) >= 11 is 8.64. The van der Waals surface area contributed by atoms with Crippen LogP contribution >= 0.6 is 24.8 Å². The largest absolute Gasteiger partial charge is 0.411 e. The third-order valence-corrected chi connectivity index (χ3v) is 1.69. The number of hydrogen-bond acceptors (Lipinski definition) is 3. The predicted molar refractivity (Wildman–Crippen MR) is 53.7 cm³/mol. The number of oxime groups is 1. The molecule has 0 amide bonds. The van der Waals surface area contributed by atoms with Crippen molar-refractivity contribution in [2.45, 2.75) is 26.3 Å². The fourth-order valence-corrected chi connectivity index (χ4v) is 1.02. The molecular weight excluding hydrogens is 180 g/mol. The van der Waals surface area contributed by atoms with Crippen molar-refractivity contribution in [2.75, 3.05) is 0 Å². The molecule has 3 nitrogen and oxygen atoms in total. The standard InChI is InChI=1S/C6H12N2OS2/c1-4(8-9)6(2,3)7-5(10)11/h9H,1-3H3,(H2,7,10,11)/b8-4+. The van der Waals surface area contributed by atoms with Gasteiger partial charge in [-0.3, -0.25) is 0 Å². The van der Waals surface area contributed by atoms with E-state index in [0.29, 0.717) is 10.0 Å². The minimum Gasteiger partial charge on any atom is -0.411 e. The summed E-state index contributed by atoms with van der Waals surface area (Å²) in [6.07, 6.45) is 0. The molecule has 2 N–H and O–H groups in total. The van der Waals surface area contributed by atoms with E-state index in [1.165, 1.54) is 0 Å². The van der Waals surface area contributed by atoms with Crippen LogP contribution in [0.1, 0.15) is 20.8 Å². The molecule has 0 aliphatic rings. The molecule has 0 aliphatic carbocycles. The monoisotopic (exact) mass is 192 g/mol. The van der Waals surface area contributed by atoms with E-state index in [-0.39, 0.29) is 0 Å². The van der Waals surface area contributed by atoms with Gasteiger partial charge in [-0.1, -0.05) is 17.4 Å². The lowest BCUT2D eigenvalue weighted by Gasteiger charge is -2.24. The Morgan fingerprint density at radius 3 is 2.36 bits per heavy atom. The lowest BCUT2D eigenvalue weighted by atomic mass is 10.0. The Morgan fingerprint density at radius 2 is 2.09 bits per heavy atom. The van der Waals surface area contributed by atoms with Crippen molar-refractivity contribution >= 4 is 34.9 Å². The molecule has 0 aromatic heterocycles. The normalized spacial score (nSPS) is 12.9. The van der Waals surface area contributed by atoms with Crippen LogP contribution in [0.15, 0.2) is 5.16 Å². The van der Waals surface area contributed by atoms with Crippen LogP contribution in [0, 0.1) is 0 Å². The number of rotatable bonds is 2. The fourth-order valence-electron chi connectivity index (χ4n) is 0.483. The second-order valence-corrected chi connectivity index (χ2v) is 3.90. The first kappa shape index (κ1) is 10.7. The van der Waals surface area contributed by atoms with Gasteiger partial charge in [0.05, 0.1) is 11.3 Å². The SMILES string of the molecule is C/C(=N\O)C(C)(C)NC(=S)S. The van der Waals surface area contributed by atoms with E-state index in [0.717, 1.165) is 0 Å². The molecule has 0 aromatic rings. The third kappa shape index (κ3) is 3.57. The summed E-state index contributed by atoms with van der Waals surface area (Å²) in [5.41, 5.74) is 0.127. The van der Waals surface area contributed by atoms with Gasteiger partial charge in [0.1, 0.15) is 4.32 Å². The molecule has 0 aliphatic heterocycles. The van der Waals surface area contributed by atoms with Crippen molar-refractivity contribution in [2.24, 2.45) is 5.16 Å². The number of thiocarbonyl (C=S) groups is 1. The van der Waals surface area contributed by atoms with E-state index in [1.54, 1.807) is 6.92 Å². The van der Waals surface area contributed by atoms with Gasteiger partial charge in [-0.2, -0.15) is 0 Å². The van der Waals surface area contributed by atoms with Gasteiger partial charge in [0.2, 0.25) is 0 Å². The maximum Gasteiger partial charge on any atom is 0.131 e. The molecule has 0 saturated heterocycles. The molecule has 0 unspecified atom stereocenters. The van der Waals surface area contributed by atoms with E-state index in [4.69, 9.17) is 17.4 Å². The summed E-state index contributed by atoms with van der Waals surface area (Å²) in [5, 5.41) is 14.4. The molecule has 0 aromatic carbocycles. The van der Waals surface area contributed by atoms with Crippen molar-refractivity contribution in [3.05, 3.63) is 0 Å². The molecule has 0 spiro atoms. The van der Waals surface area contributed by atoms with E-state index in [1.807, 2.05) is 13.8 Å². The molecule has 0 radical (unpaired) electrons. The average Bonchev–Trinajstić information content (AvgIpc) is 1.83. The highest BCUT2D eigenvalue weighted by atomic mass is 32.1. The van der Waals surface area contributed by atoms with Gasteiger partial charge in [0.25, 0.3) is 0 Å². The molecule has 0 fully saturated rings. The van der Waals surface area contributed by atoms with Crippen LogP contribution in [-0.2, 0) is 0 Å². The Kier molecular flexibility index (Phi) is 3.82. The van der Waals surface area contributed by atoms with Gasteiger partial charge in [0, 0.05) is 0 Å². The number of thiol groups is 1. The van der Waals surface area contributed by atoms with E-state index < -0.39 is 5.54 Å². The summed E-state index contributed by atoms with van der Waals surface area (Å²) in [7, 11) is 0.